The lowest BCUT2D eigenvalue weighted by atomic mass is 10.1. The molecule has 0 amide bonds. The van der Waals surface area contributed by atoms with Crippen molar-refractivity contribution >= 4 is 15.7 Å². The summed E-state index contributed by atoms with van der Waals surface area (Å²) < 4.78 is 24.4. The van der Waals surface area contributed by atoms with Gasteiger partial charge in [-0.25, -0.2) is 13.1 Å². The zero-order valence-electron chi connectivity index (χ0n) is 10.5. The highest BCUT2D eigenvalue weighted by atomic mass is 32.2. The average Bonchev–Trinajstić information content (AvgIpc) is 2.57. The van der Waals surface area contributed by atoms with E-state index < -0.39 is 9.84 Å². The number of hydrogen-bond acceptors (Lipinski definition) is 4. The summed E-state index contributed by atoms with van der Waals surface area (Å²) >= 11 is 0. The third-order valence-electron chi connectivity index (χ3n) is 2.62. The Bertz CT molecular complexity index is 682. The summed E-state index contributed by atoms with van der Waals surface area (Å²) in [6, 6.07) is 5.84. The lowest BCUT2D eigenvalue weighted by molar-refractivity contribution is 0.602. The highest BCUT2D eigenvalue weighted by Gasteiger charge is 2.17. The van der Waals surface area contributed by atoms with E-state index in [0.29, 0.717) is 0 Å². The standard InChI is InChI=1S/C12H15N3O2S/c1-8-4-9(2)6-10(5-8)15-12(13)11(7-14-15)18(3,16)17/h4-7H,13H2,1-3H3. The molecule has 96 valence electrons. The van der Waals surface area contributed by atoms with Crippen LogP contribution in [0, 0.1) is 13.8 Å². The van der Waals surface area contributed by atoms with E-state index in [-0.39, 0.29) is 10.7 Å². The minimum atomic E-state index is -3.35. The molecule has 5 nitrogen and oxygen atoms in total. The molecule has 0 unspecified atom stereocenters. The minimum absolute atomic E-state index is 0.0571. The summed E-state index contributed by atoms with van der Waals surface area (Å²) in [4.78, 5) is 0.0571. The number of anilines is 1. The van der Waals surface area contributed by atoms with E-state index in [1.54, 1.807) is 0 Å². The van der Waals surface area contributed by atoms with Gasteiger partial charge < -0.3 is 5.73 Å². The Labute approximate surface area is 106 Å². The van der Waals surface area contributed by atoms with Crippen molar-refractivity contribution in [3.8, 4) is 5.69 Å². The summed E-state index contributed by atoms with van der Waals surface area (Å²) in [5, 5.41) is 4.05. The highest BCUT2D eigenvalue weighted by Crippen LogP contribution is 2.22. The number of benzene rings is 1. The van der Waals surface area contributed by atoms with Gasteiger partial charge in [-0.3, -0.25) is 0 Å². The van der Waals surface area contributed by atoms with Crippen LogP contribution in [0.15, 0.2) is 29.3 Å². The van der Waals surface area contributed by atoms with Crippen LogP contribution in [0.4, 0.5) is 5.82 Å². The van der Waals surface area contributed by atoms with Crippen LogP contribution < -0.4 is 5.73 Å². The molecular weight excluding hydrogens is 250 g/mol. The first kappa shape index (κ1) is 12.6. The van der Waals surface area contributed by atoms with E-state index >= 15 is 0 Å². The molecule has 0 fully saturated rings. The molecule has 6 heteroatoms. The fourth-order valence-electron chi connectivity index (χ4n) is 1.91. The molecule has 1 heterocycles. The van der Waals surface area contributed by atoms with Crippen molar-refractivity contribution in [2.24, 2.45) is 0 Å². The first-order chi connectivity index (χ1) is 8.29. The smallest absolute Gasteiger partial charge is 0.180 e. The second-order valence-electron chi connectivity index (χ2n) is 4.42. The fraction of sp³-hybridized carbons (Fsp3) is 0.250. The van der Waals surface area contributed by atoms with E-state index in [2.05, 4.69) is 5.10 Å². The Morgan fingerprint density at radius 1 is 1.17 bits per heavy atom. The molecule has 0 saturated carbocycles. The molecule has 1 aromatic carbocycles. The normalized spacial score (nSPS) is 11.7. The van der Waals surface area contributed by atoms with Gasteiger partial charge in [0.05, 0.1) is 11.9 Å². The third kappa shape index (κ3) is 2.24. The number of nitrogens with zero attached hydrogens (tertiary/aromatic N) is 2. The summed E-state index contributed by atoms with van der Waals surface area (Å²) in [6.07, 6.45) is 2.40. The topological polar surface area (TPSA) is 78.0 Å². The zero-order chi connectivity index (χ0) is 13.5. The van der Waals surface area contributed by atoms with Gasteiger partial charge in [0.25, 0.3) is 0 Å². The maximum Gasteiger partial charge on any atom is 0.180 e. The van der Waals surface area contributed by atoms with Gasteiger partial charge >= 0.3 is 0 Å². The third-order valence-corrected chi connectivity index (χ3v) is 3.74. The van der Waals surface area contributed by atoms with Gasteiger partial charge in [-0.15, -0.1) is 0 Å². The van der Waals surface area contributed by atoms with Crippen molar-refractivity contribution < 1.29 is 8.42 Å². The SMILES string of the molecule is Cc1cc(C)cc(-n2ncc(S(C)(=O)=O)c2N)c1. The number of aryl methyl sites for hydroxylation is 2. The summed E-state index contributed by atoms with van der Waals surface area (Å²) in [7, 11) is -3.35. The van der Waals surface area contributed by atoms with Crippen molar-refractivity contribution in [2.45, 2.75) is 18.7 Å². The van der Waals surface area contributed by atoms with Gasteiger partial charge in [0, 0.05) is 6.26 Å². The lowest BCUT2D eigenvalue weighted by Crippen LogP contribution is -2.06. The molecule has 0 saturated heterocycles. The first-order valence-electron chi connectivity index (χ1n) is 5.41. The predicted octanol–water partition coefficient (Wildman–Crippen LogP) is 1.47. The lowest BCUT2D eigenvalue weighted by Gasteiger charge is -2.07. The molecule has 18 heavy (non-hydrogen) atoms. The second kappa shape index (κ2) is 4.13. The van der Waals surface area contributed by atoms with Gasteiger partial charge in [0.2, 0.25) is 0 Å². The Balaban J connectivity index is 2.63. The Morgan fingerprint density at radius 3 is 2.17 bits per heavy atom. The summed E-state index contributed by atoms with van der Waals surface area (Å²) in [5.74, 6) is 0.141. The van der Waals surface area contributed by atoms with Gasteiger partial charge in [-0.1, -0.05) is 6.07 Å². The van der Waals surface area contributed by atoms with Gasteiger partial charge in [0.15, 0.2) is 9.84 Å². The van der Waals surface area contributed by atoms with Crippen LogP contribution in [0.2, 0.25) is 0 Å². The molecular formula is C12H15N3O2S. The van der Waals surface area contributed by atoms with Crippen LogP contribution in [-0.4, -0.2) is 24.5 Å². The van der Waals surface area contributed by atoms with Crippen molar-refractivity contribution in [1.29, 1.82) is 0 Å². The number of aromatic nitrogens is 2. The Hall–Kier alpha value is -1.82. The van der Waals surface area contributed by atoms with E-state index in [1.807, 2.05) is 32.0 Å². The molecule has 0 atom stereocenters. The number of sulfone groups is 1. The van der Waals surface area contributed by atoms with Crippen molar-refractivity contribution in [3.05, 3.63) is 35.5 Å². The van der Waals surface area contributed by atoms with Gasteiger partial charge in [-0.2, -0.15) is 5.10 Å². The Morgan fingerprint density at radius 2 is 1.72 bits per heavy atom. The molecule has 0 bridgehead atoms. The van der Waals surface area contributed by atoms with Crippen LogP contribution in [0.1, 0.15) is 11.1 Å². The average molecular weight is 265 g/mol. The number of hydrogen-bond donors (Lipinski definition) is 1. The zero-order valence-corrected chi connectivity index (χ0v) is 11.3. The minimum Gasteiger partial charge on any atom is -0.382 e. The maximum absolute atomic E-state index is 11.5. The van der Waals surface area contributed by atoms with Crippen LogP contribution >= 0.6 is 0 Å². The van der Waals surface area contributed by atoms with Crippen molar-refractivity contribution in [3.63, 3.8) is 0 Å². The molecule has 2 aromatic rings. The summed E-state index contributed by atoms with van der Waals surface area (Å²) in [5.41, 5.74) is 8.75. The van der Waals surface area contributed by atoms with Gasteiger partial charge in [0.1, 0.15) is 10.7 Å². The molecule has 0 aliphatic carbocycles. The van der Waals surface area contributed by atoms with E-state index in [9.17, 15) is 8.42 Å². The number of nitrogen functional groups attached to an aromatic ring is 1. The van der Waals surface area contributed by atoms with Crippen LogP contribution in [0.25, 0.3) is 5.69 Å². The number of nitrogens with two attached hydrogens (primary N) is 1. The van der Waals surface area contributed by atoms with Crippen molar-refractivity contribution in [2.75, 3.05) is 12.0 Å². The molecule has 2 N–H and O–H groups in total. The quantitative estimate of drug-likeness (QED) is 0.892. The van der Waals surface area contributed by atoms with Crippen LogP contribution in [-0.2, 0) is 9.84 Å². The second-order valence-corrected chi connectivity index (χ2v) is 6.41. The summed E-state index contributed by atoms with van der Waals surface area (Å²) in [6.45, 7) is 3.93. The monoisotopic (exact) mass is 265 g/mol. The molecule has 1 aromatic heterocycles. The molecule has 0 aliphatic rings. The molecule has 0 aliphatic heterocycles. The maximum atomic E-state index is 11.5. The molecule has 0 spiro atoms. The van der Waals surface area contributed by atoms with E-state index in [1.165, 1.54) is 10.9 Å². The van der Waals surface area contributed by atoms with Crippen molar-refractivity contribution in [1.82, 2.24) is 9.78 Å². The largest absolute Gasteiger partial charge is 0.382 e. The Kier molecular flexibility index (Phi) is 2.90. The van der Waals surface area contributed by atoms with Crippen LogP contribution in [0.5, 0.6) is 0 Å². The van der Waals surface area contributed by atoms with Crippen LogP contribution in [0.3, 0.4) is 0 Å². The van der Waals surface area contributed by atoms with E-state index in [4.69, 9.17) is 5.73 Å². The first-order valence-corrected chi connectivity index (χ1v) is 7.30. The fourth-order valence-corrected chi connectivity index (χ4v) is 2.61. The predicted molar refractivity (Wildman–Crippen MR) is 70.6 cm³/mol. The van der Waals surface area contributed by atoms with Gasteiger partial charge in [-0.05, 0) is 37.1 Å². The number of rotatable bonds is 2. The molecule has 0 radical (unpaired) electrons. The highest BCUT2D eigenvalue weighted by molar-refractivity contribution is 7.90. The van der Waals surface area contributed by atoms with E-state index in [0.717, 1.165) is 23.1 Å². The molecule has 2 rings (SSSR count).